The number of hydrogen-bond donors (Lipinski definition) is 2. The minimum atomic E-state index is 0.442. The molecule has 0 amide bonds. The first-order valence-corrected chi connectivity index (χ1v) is 9.70. The van der Waals surface area contributed by atoms with Gasteiger partial charge in [-0.05, 0) is 50.0 Å². The van der Waals surface area contributed by atoms with Crippen molar-refractivity contribution in [1.29, 1.82) is 0 Å². The Hall–Kier alpha value is -1.62. The normalized spacial score (nSPS) is 22.7. The van der Waals surface area contributed by atoms with Gasteiger partial charge in [-0.3, -0.25) is 0 Å². The van der Waals surface area contributed by atoms with Gasteiger partial charge in [0.2, 0.25) is 0 Å². The molecule has 1 saturated heterocycles. The zero-order chi connectivity index (χ0) is 16.4. The highest BCUT2D eigenvalue weighted by atomic mass is 32.1. The van der Waals surface area contributed by atoms with Crippen LogP contribution in [0.3, 0.4) is 0 Å². The number of imidazole rings is 1. The predicted octanol–water partition coefficient (Wildman–Crippen LogP) is 3.95. The van der Waals surface area contributed by atoms with Crippen molar-refractivity contribution in [3.8, 4) is 0 Å². The number of aromatic nitrogens is 2. The van der Waals surface area contributed by atoms with Gasteiger partial charge in [-0.2, -0.15) is 0 Å². The van der Waals surface area contributed by atoms with Crippen LogP contribution in [0.1, 0.15) is 56.7 Å². The first kappa shape index (κ1) is 15.9. The molecular formula is C19H26N4S. The first-order valence-electron chi connectivity index (χ1n) is 9.30. The lowest BCUT2D eigenvalue weighted by molar-refractivity contribution is 0.292. The largest absolute Gasteiger partial charge is 0.360 e. The molecule has 0 spiro atoms. The van der Waals surface area contributed by atoms with Gasteiger partial charge >= 0.3 is 0 Å². The van der Waals surface area contributed by atoms with Gasteiger partial charge in [0.15, 0.2) is 5.11 Å². The third kappa shape index (κ3) is 3.41. The van der Waals surface area contributed by atoms with Crippen molar-refractivity contribution >= 4 is 28.4 Å². The zero-order valence-corrected chi connectivity index (χ0v) is 14.9. The van der Waals surface area contributed by atoms with Gasteiger partial charge in [0, 0.05) is 25.0 Å². The molecule has 2 fully saturated rings. The molecule has 1 unspecified atom stereocenters. The van der Waals surface area contributed by atoms with Crippen LogP contribution in [0.25, 0.3) is 11.0 Å². The summed E-state index contributed by atoms with van der Waals surface area (Å²) in [6.45, 7) is 2.04. The van der Waals surface area contributed by atoms with Gasteiger partial charge in [-0.25, -0.2) is 4.98 Å². The first-order chi connectivity index (χ1) is 11.8. The summed E-state index contributed by atoms with van der Waals surface area (Å²) in [4.78, 5) is 10.7. The average molecular weight is 343 g/mol. The van der Waals surface area contributed by atoms with Crippen LogP contribution in [-0.2, 0) is 0 Å². The highest BCUT2D eigenvalue weighted by Gasteiger charge is 2.26. The molecule has 1 aromatic carbocycles. The monoisotopic (exact) mass is 342 g/mol. The van der Waals surface area contributed by atoms with E-state index < -0.39 is 0 Å². The molecule has 4 nitrogen and oxygen atoms in total. The smallest absolute Gasteiger partial charge is 0.169 e. The summed E-state index contributed by atoms with van der Waals surface area (Å²) < 4.78 is 0. The zero-order valence-electron chi connectivity index (χ0n) is 14.1. The van der Waals surface area contributed by atoms with E-state index in [1.165, 1.54) is 44.9 Å². The number of fused-ring (bicyclic) bond motifs is 1. The number of nitrogens with zero attached hydrogens (tertiary/aromatic N) is 2. The third-order valence-electron chi connectivity index (χ3n) is 5.44. The summed E-state index contributed by atoms with van der Waals surface area (Å²) in [7, 11) is 0. The predicted molar refractivity (Wildman–Crippen MR) is 102 cm³/mol. The van der Waals surface area contributed by atoms with Crippen LogP contribution < -0.4 is 5.32 Å². The third-order valence-corrected chi connectivity index (χ3v) is 5.81. The van der Waals surface area contributed by atoms with E-state index in [0.29, 0.717) is 12.0 Å². The Labute approximate surface area is 149 Å². The summed E-state index contributed by atoms with van der Waals surface area (Å²) in [5.41, 5.74) is 2.19. The fourth-order valence-corrected chi connectivity index (χ4v) is 4.40. The highest BCUT2D eigenvalue weighted by molar-refractivity contribution is 7.80. The minimum Gasteiger partial charge on any atom is -0.360 e. The standard InChI is InChI=1S/C19H26N4S/c24-19(20-15-8-2-1-3-9-15)23-12-6-7-14(13-23)18-21-16-10-4-5-11-17(16)22-18/h4-5,10-11,14-15H,1-3,6-9,12-13H2,(H,20,24)(H,21,22). The second-order valence-corrected chi connectivity index (χ2v) is 7.60. The van der Waals surface area contributed by atoms with Gasteiger partial charge in [0.1, 0.15) is 5.82 Å². The second-order valence-electron chi connectivity index (χ2n) is 7.21. The van der Waals surface area contributed by atoms with E-state index in [0.717, 1.165) is 35.1 Å². The lowest BCUT2D eigenvalue weighted by Crippen LogP contribution is -2.48. The quantitative estimate of drug-likeness (QED) is 0.811. The van der Waals surface area contributed by atoms with Crippen LogP contribution in [0.15, 0.2) is 24.3 Å². The molecule has 5 heteroatoms. The van der Waals surface area contributed by atoms with E-state index in [9.17, 15) is 0 Å². The molecule has 1 aliphatic heterocycles. The molecule has 24 heavy (non-hydrogen) atoms. The Balaban J connectivity index is 1.42. The van der Waals surface area contributed by atoms with Gasteiger partial charge in [-0.15, -0.1) is 0 Å². The Bertz CT molecular complexity index is 671. The van der Waals surface area contributed by atoms with Crippen LogP contribution in [-0.4, -0.2) is 39.1 Å². The maximum Gasteiger partial charge on any atom is 0.169 e. The lowest BCUT2D eigenvalue weighted by Gasteiger charge is -2.36. The number of piperidine rings is 1. The fourth-order valence-electron chi connectivity index (χ4n) is 4.06. The fraction of sp³-hybridized carbons (Fsp3) is 0.579. The van der Waals surface area contributed by atoms with Gasteiger partial charge in [0.05, 0.1) is 11.0 Å². The molecule has 1 saturated carbocycles. The molecule has 2 aromatic rings. The van der Waals surface area contributed by atoms with Gasteiger partial charge < -0.3 is 15.2 Å². The SMILES string of the molecule is S=C(NC1CCCCC1)N1CCCC(c2nc3ccccc3[nH]2)C1. The van der Waals surface area contributed by atoms with Crippen LogP contribution in [0.2, 0.25) is 0 Å². The minimum absolute atomic E-state index is 0.442. The molecule has 0 bridgehead atoms. The number of para-hydroxylation sites is 2. The van der Waals surface area contributed by atoms with Crippen molar-refractivity contribution in [1.82, 2.24) is 20.2 Å². The molecular weight excluding hydrogens is 316 g/mol. The Morgan fingerprint density at radius 1 is 1.12 bits per heavy atom. The van der Waals surface area contributed by atoms with Crippen molar-refractivity contribution < 1.29 is 0 Å². The van der Waals surface area contributed by atoms with Crippen molar-refractivity contribution in [2.75, 3.05) is 13.1 Å². The van der Waals surface area contributed by atoms with Crippen molar-refractivity contribution in [2.45, 2.75) is 56.9 Å². The number of hydrogen-bond acceptors (Lipinski definition) is 2. The summed E-state index contributed by atoms with van der Waals surface area (Å²) in [5, 5.41) is 4.56. The maximum atomic E-state index is 5.71. The van der Waals surface area contributed by atoms with E-state index in [1.54, 1.807) is 0 Å². The molecule has 2 heterocycles. The number of nitrogens with one attached hydrogen (secondary N) is 2. The molecule has 2 aliphatic rings. The number of thiocarbonyl (C=S) groups is 1. The lowest BCUT2D eigenvalue weighted by atomic mass is 9.95. The number of H-pyrrole nitrogens is 1. The number of rotatable bonds is 2. The van der Waals surface area contributed by atoms with Crippen molar-refractivity contribution in [2.24, 2.45) is 0 Å². The van der Waals surface area contributed by atoms with Crippen LogP contribution >= 0.6 is 12.2 Å². The molecule has 1 aromatic heterocycles. The highest BCUT2D eigenvalue weighted by Crippen LogP contribution is 2.27. The van der Waals surface area contributed by atoms with E-state index in [-0.39, 0.29) is 0 Å². The Kier molecular flexibility index (Phi) is 4.69. The Morgan fingerprint density at radius 2 is 1.96 bits per heavy atom. The molecule has 1 aliphatic carbocycles. The average Bonchev–Trinajstić information content (AvgIpc) is 3.07. The van der Waals surface area contributed by atoms with Crippen LogP contribution in [0.4, 0.5) is 0 Å². The number of likely N-dealkylation sites (tertiary alicyclic amines) is 1. The summed E-state index contributed by atoms with van der Waals surface area (Å²) in [5.74, 6) is 1.55. The van der Waals surface area contributed by atoms with Crippen LogP contribution in [0.5, 0.6) is 0 Å². The maximum absolute atomic E-state index is 5.71. The summed E-state index contributed by atoms with van der Waals surface area (Å²) >= 11 is 5.71. The van der Waals surface area contributed by atoms with Crippen molar-refractivity contribution in [3.05, 3.63) is 30.1 Å². The summed E-state index contributed by atoms with van der Waals surface area (Å²) in [6, 6.07) is 8.86. The topological polar surface area (TPSA) is 44.0 Å². The molecule has 1 atom stereocenters. The van der Waals surface area contributed by atoms with E-state index >= 15 is 0 Å². The number of aromatic amines is 1. The van der Waals surface area contributed by atoms with Gasteiger partial charge in [0.25, 0.3) is 0 Å². The van der Waals surface area contributed by atoms with Crippen molar-refractivity contribution in [3.63, 3.8) is 0 Å². The molecule has 128 valence electrons. The molecule has 2 N–H and O–H groups in total. The van der Waals surface area contributed by atoms with E-state index in [4.69, 9.17) is 17.2 Å². The molecule has 4 rings (SSSR count). The second kappa shape index (κ2) is 7.09. The van der Waals surface area contributed by atoms with E-state index in [1.807, 2.05) is 6.07 Å². The molecule has 0 radical (unpaired) electrons. The van der Waals surface area contributed by atoms with E-state index in [2.05, 4.69) is 33.4 Å². The summed E-state index contributed by atoms with van der Waals surface area (Å²) in [6.07, 6.45) is 8.94. The Morgan fingerprint density at radius 3 is 2.79 bits per heavy atom. The van der Waals surface area contributed by atoms with Crippen LogP contribution in [0, 0.1) is 0 Å². The van der Waals surface area contributed by atoms with Gasteiger partial charge in [-0.1, -0.05) is 31.4 Å². The number of benzene rings is 1.